The number of carbonyl (C=O) groups is 4. The van der Waals surface area contributed by atoms with Crippen molar-refractivity contribution < 1.29 is 19.2 Å². The number of H-pyrrole nitrogens is 2. The molecule has 2 fully saturated rings. The molecule has 2 aromatic heterocycles. The summed E-state index contributed by atoms with van der Waals surface area (Å²) in [6, 6.07) is 16.2. The van der Waals surface area contributed by atoms with E-state index in [2.05, 4.69) is 52.6 Å². The van der Waals surface area contributed by atoms with E-state index in [1.54, 1.807) is 0 Å². The summed E-state index contributed by atoms with van der Waals surface area (Å²) in [4.78, 5) is 65.7. The highest BCUT2D eigenvalue weighted by Crippen LogP contribution is 2.38. The van der Waals surface area contributed by atoms with Gasteiger partial charge < -0.3 is 19.8 Å². The van der Waals surface area contributed by atoms with Gasteiger partial charge in [0.05, 0.1) is 11.1 Å². The molecule has 4 bridgehead atoms. The van der Waals surface area contributed by atoms with Gasteiger partial charge in [0, 0.05) is 96.7 Å². The summed E-state index contributed by atoms with van der Waals surface area (Å²) in [7, 11) is 0. The summed E-state index contributed by atoms with van der Waals surface area (Å²) in [5, 5.41) is 11.9. The Hall–Kier alpha value is -5.20. The van der Waals surface area contributed by atoms with Gasteiger partial charge in [-0.05, 0) is 37.8 Å². The Morgan fingerprint density at radius 2 is 0.768 bits per heavy atom. The van der Waals surface area contributed by atoms with Gasteiger partial charge in [-0.2, -0.15) is 0 Å². The number of fused-ring (bicyclic) bond motifs is 4. The van der Waals surface area contributed by atoms with Crippen LogP contribution < -0.4 is 10.6 Å². The Bertz CT molecular complexity index is 2090. The molecule has 4 N–H and O–H groups in total. The number of aromatic nitrogens is 2. The van der Waals surface area contributed by atoms with E-state index in [1.165, 1.54) is 38.5 Å². The lowest BCUT2D eigenvalue weighted by Gasteiger charge is -2.45. The Morgan fingerprint density at radius 3 is 1.16 bits per heavy atom. The highest BCUT2D eigenvalue weighted by molar-refractivity contribution is 6.38. The van der Waals surface area contributed by atoms with E-state index in [9.17, 15) is 19.2 Å². The quantitative estimate of drug-likeness (QED) is 0.179. The third-order valence-corrected chi connectivity index (χ3v) is 12.5. The number of carbonyl (C=O) groups excluding carboxylic acids is 4. The first-order valence-corrected chi connectivity index (χ1v) is 20.9. The fourth-order valence-corrected chi connectivity index (χ4v) is 9.72. The molecule has 7 aliphatic rings. The molecule has 9 heterocycles. The molecule has 56 heavy (non-hydrogen) atoms. The SMILES string of the molecule is O=C1NC(=O)C2=C1c1c([nH]c3ccccc13)CCCCCCCCCCCCc1[nH]c3ccccc3c1C1=C(C(=O)NC1=O)N1CCN(CC1)N1CCN2CC1. The first-order chi connectivity index (χ1) is 27.5. The van der Waals surface area contributed by atoms with Gasteiger partial charge in [-0.3, -0.25) is 29.8 Å². The number of aryl methyl sites for hydroxylation is 2. The summed E-state index contributed by atoms with van der Waals surface area (Å²) < 4.78 is 0. The highest BCUT2D eigenvalue weighted by Gasteiger charge is 2.41. The fourth-order valence-electron chi connectivity index (χ4n) is 9.72. The van der Waals surface area contributed by atoms with Crippen LogP contribution in [0.2, 0.25) is 0 Å². The van der Waals surface area contributed by atoms with E-state index >= 15 is 0 Å². The molecule has 0 radical (unpaired) electrons. The van der Waals surface area contributed by atoms with Crippen LogP contribution >= 0.6 is 0 Å². The summed E-state index contributed by atoms with van der Waals surface area (Å²) in [6.45, 7) is 5.21. The Labute approximate surface area is 327 Å². The zero-order chi connectivity index (χ0) is 38.2. The minimum absolute atomic E-state index is 0.322. The normalized spacial score (nSPS) is 23.6. The second-order valence-electron chi connectivity index (χ2n) is 16.0. The average molecular weight is 757 g/mol. The van der Waals surface area contributed by atoms with Crippen molar-refractivity contribution in [2.24, 2.45) is 0 Å². The van der Waals surface area contributed by atoms with Crippen molar-refractivity contribution in [2.45, 2.75) is 77.0 Å². The van der Waals surface area contributed by atoms with Crippen LogP contribution in [-0.2, 0) is 32.0 Å². The lowest BCUT2D eigenvalue weighted by Crippen LogP contribution is -2.59. The summed E-state index contributed by atoms with van der Waals surface area (Å²) in [5.41, 5.74) is 7.71. The number of aromatic amines is 2. The molecule has 12 heteroatoms. The molecule has 7 aliphatic heterocycles. The summed E-state index contributed by atoms with van der Waals surface area (Å²) in [5.74, 6) is -1.29. The average Bonchev–Trinajstić information content (AvgIpc) is 3.93. The van der Waals surface area contributed by atoms with Crippen LogP contribution in [0.5, 0.6) is 0 Å². The molecular weight excluding hydrogens is 705 g/mol. The van der Waals surface area contributed by atoms with Crippen molar-refractivity contribution in [3.05, 3.63) is 82.4 Å². The molecule has 4 amide bonds. The first-order valence-electron chi connectivity index (χ1n) is 20.9. The van der Waals surface area contributed by atoms with Crippen molar-refractivity contribution in [2.75, 3.05) is 52.4 Å². The molecule has 0 spiro atoms. The number of hydrogen-bond acceptors (Lipinski definition) is 8. The van der Waals surface area contributed by atoms with E-state index in [0.717, 1.165) is 82.8 Å². The number of rotatable bonds is 0. The molecule has 11 rings (SSSR count). The maximum atomic E-state index is 13.6. The zero-order valence-corrected chi connectivity index (χ0v) is 32.2. The third-order valence-electron chi connectivity index (χ3n) is 12.5. The molecule has 2 saturated heterocycles. The van der Waals surface area contributed by atoms with E-state index in [4.69, 9.17) is 0 Å². The molecule has 0 unspecified atom stereocenters. The third kappa shape index (κ3) is 6.83. The van der Waals surface area contributed by atoms with E-state index in [1.807, 2.05) is 36.4 Å². The Morgan fingerprint density at radius 1 is 0.411 bits per heavy atom. The number of piperazine rings is 2. The van der Waals surface area contributed by atoms with Gasteiger partial charge in [0.15, 0.2) is 0 Å². The van der Waals surface area contributed by atoms with Gasteiger partial charge in [0.2, 0.25) is 0 Å². The number of amides is 4. The van der Waals surface area contributed by atoms with Gasteiger partial charge in [-0.25, -0.2) is 10.0 Å². The van der Waals surface area contributed by atoms with E-state index < -0.39 is 0 Å². The topological polar surface area (TPSA) is 137 Å². The number of para-hydroxylation sites is 2. The molecule has 4 aromatic rings. The lowest BCUT2D eigenvalue weighted by atomic mass is 9.97. The number of nitrogens with one attached hydrogen (secondary N) is 4. The number of benzene rings is 2. The van der Waals surface area contributed by atoms with Crippen molar-refractivity contribution >= 4 is 56.6 Å². The minimum Gasteiger partial charge on any atom is -0.364 e. The van der Waals surface area contributed by atoms with Crippen LogP contribution in [0.1, 0.15) is 86.7 Å². The van der Waals surface area contributed by atoms with Crippen molar-refractivity contribution in [3.63, 3.8) is 0 Å². The molecule has 0 atom stereocenters. The van der Waals surface area contributed by atoms with Gasteiger partial charge in [0.1, 0.15) is 11.4 Å². The van der Waals surface area contributed by atoms with Crippen LogP contribution in [0.4, 0.5) is 0 Å². The molecule has 292 valence electrons. The van der Waals surface area contributed by atoms with Crippen LogP contribution in [0.15, 0.2) is 59.9 Å². The smallest absolute Gasteiger partial charge is 0.275 e. The number of hydrogen-bond donors (Lipinski definition) is 4. The lowest BCUT2D eigenvalue weighted by molar-refractivity contribution is -0.126. The monoisotopic (exact) mass is 756 g/mol. The van der Waals surface area contributed by atoms with Crippen molar-refractivity contribution in [1.29, 1.82) is 0 Å². The number of imide groups is 2. The predicted molar refractivity (Wildman–Crippen MR) is 217 cm³/mol. The van der Waals surface area contributed by atoms with Crippen molar-refractivity contribution in [3.8, 4) is 0 Å². The Kier molecular flexibility index (Phi) is 10.2. The van der Waals surface area contributed by atoms with Gasteiger partial charge >= 0.3 is 0 Å². The highest BCUT2D eigenvalue weighted by atomic mass is 16.2. The largest absolute Gasteiger partial charge is 0.364 e. The van der Waals surface area contributed by atoms with Gasteiger partial charge in [0.25, 0.3) is 23.6 Å². The van der Waals surface area contributed by atoms with Crippen LogP contribution in [-0.4, -0.2) is 106 Å². The summed E-state index contributed by atoms with van der Waals surface area (Å²) in [6.07, 6.45) is 13.2. The molecule has 2 aromatic carbocycles. The fraction of sp³-hybridized carbons (Fsp3) is 0.455. The van der Waals surface area contributed by atoms with Gasteiger partial charge in [-0.15, -0.1) is 0 Å². The standard InChI is InChI=1S/C44H52N8O4/c53-41-37-35-29-15-11-13-17-31(29)45-33(35)19-9-7-5-3-1-2-4-6-8-10-20-34-36(30-16-12-14-18-32(30)46-34)38-40(44(56)48-42(38)54)50-23-27-52(28-24-50)51-25-21-49(22-26-51)39(37)43(55)47-41/h11-18,45-46H,1-10,19-28H2,(H,47,53,55)(H,48,54,56). The number of nitrogens with zero attached hydrogens (tertiary/aromatic N) is 4. The van der Waals surface area contributed by atoms with Crippen LogP contribution in [0, 0.1) is 0 Å². The molecular formula is C44H52N8O4. The minimum atomic E-state index is -0.324. The Balaban J connectivity index is 0.998. The second kappa shape index (κ2) is 15.7. The zero-order valence-electron chi connectivity index (χ0n) is 32.2. The van der Waals surface area contributed by atoms with Crippen molar-refractivity contribution in [1.82, 2.24) is 40.4 Å². The second-order valence-corrected chi connectivity index (χ2v) is 16.0. The maximum Gasteiger partial charge on any atom is 0.275 e. The first kappa shape index (κ1) is 36.4. The maximum absolute atomic E-state index is 13.6. The van der Waals surface area contributed by atoms with Gasteiger partial charge in [-0.1, -0.05) is 87.8 Å². The van der Waals surface area contributed by atoms with Crippen LogP contribution in [0.25, 0.3) is 33.0 Å². The number of hydrazine groups is 1. The van der Waals surface area contributed by atoms with E-state index in [-0.39, 0.29) is 23.6 Å². The van der Waals surface area contributed by atoms with Crippen LogP contribution in [0.3, 0.4) is 0 Å². The molecule has 12 nitrogen and oxygen atoms in total. The summed E-state index contributed by atoms with van der Waals surface area (Å²) >= 11 is 0. The van der Waals surface area contributed by atoms with E-state index in [0.29, 0.717) is 74.9 Å². The predicted octanol–water partition coefficient (Wildman–Crippen LogP) is 5.23. The molecule has 0 aliphatic carbocycles. The molecule has 0 saturated carbocycles.